The zero-order valence-electron chi connectivity index (χ0n) is 14.4. The summed E-state index contributed by atoms with van der Waals surface area (Å²) in [5.41, 5.74) is -0.500. The molecular weight excluding hydrogens is 392 g/mol. The van der Waals surface area contributed by atoms with Crippen molar-refractivity contribution in [1.29, 1.82) is 0 Å². The van der Waals surface area contributed by atoms with Crippen LogP contribution in [0.25, 0.3) is 0 Å². The Morgan fingerprint density at radius 3 is 2.75 bits per heavy atom. The van der Waals surface area contributed by atoms with Crippen LogP contribution in [0.5, 0.6) is 11.5 Å². The molecule has 1 amide bonds. The molecule has 1 unspecified atom stereocenters. The number of hydrogen-bond donors (Lipinski definition) is 1. The van der Waals surface area contributed by atoms with Gasteiger partial charge in [0, 0.05) is 12.1 Å². The number of non-ortho nitro benzene ring substituents is 1. The van der Waals surface area contributed by atoms with E-state index in [0.29, 0.717) is 11.5 Å². The summed E-state index contributed by atoms with van der Waals surface area (Å²) in [6.45, 7) is -0.148. The van der Waals surface area contributed by atoms with Crippen molar-refractivity contribution in [2.45, 2.75) is 6.10 Å². The van der Waals surface area contributed by atoms with Gasteiger partial charge in [-0.05, 0) is 18.2 Å². The second kappa shape index (κ2) is 8.57. The first-order valence-corrected chi connectivity index (χ1v) is 8.58. The van der Waals surface area contributed by atoms with Gasteiger partial charge in [0.15, 0.2) is 18.1 Å². The molecule has 0 saturated carbocycles. The number of nitro groups is 1. The molecule has 146 valence electrons. The molecule has 2 aromatic rings. The van der Waals surface area contributed by atoms with Crippen molar-refractivity contribution in [3.05, 3.63) is 63.2 Å². The second-order valence-electron chi connectivity index (χ2n) is 5.80. The summed E-state index contributed by atoms with van der Waals surface area (Å²) in [6, 6.07) is 10.5. The lowest BCUT2D eigenvalue weighted by molar-refractivity contribution is -0.384. The number of amides is 1. The molecule has 0 fully saturated rings. The molecule has 28 heavy (non-hydrogen) atoms. The van der Waals surface area contributed by atoms with Crippen molar-refractivity contribution in [3.63, 3.8) is 0 Å². The summed E-state index contributed by atoms with van der Waals surface area (Å²) in [6.07, 6.45) is -0.388. The van der Waals surface area contributed by atoms with E-state index in [-0.39, 0.29) is 35.5 Å². The first-order chi connectivity index (χ1) is 13.4. The molecule has 0 bridgehead atoms. The highest BCUT2D eigenvalue weighted by molar-refractivity contribution is 6.33. The molecule has 0 spiro atoms. The van der Waals surface area contributed by atoms with Crippen LogP contribution in [0.3, 0.4) is 0 Å². The molecule has 0 aromatic heterocycles. The van der Waals surface area contributed by atoms with Crippen molar-refractivity contribution in [2.24, 2.45) is 0 Å². The molecule has 3 rings (SSSR count). The topological polar surface area (TPSA) is 117 Å². The number of ether oxygens (including phenoxy) is 3. The predicted molar refractivity (Wildman–Crippen MR) is 97.8 cm³/mol. The molecule has 10 heteroatoms. The van der Waals surface area contributed by atoms with Gasteiger partial charge in [0.05, 0.1) is 22.1 Å². The summed E-state index contributed by atoms with van der Waals surface area (Å²) in [4.78, 5) is 34.1. The van der Waals surface area contributed by atoms with Crippen LogP contribution < -0.4 is 14.8 Å². The predicted octanol–water partition coefficient (Wildman–Crippen LogP) is 2.36. The van der Waals surface area contributed by atoms with Crippen molar-refractivity contribution in [3.8, 4) is 11.5 Å². The Hall–Kier alpha value is -3.33. The van der Waals surface area contributed by atoms with Gasteiger partial charge in [-0.25, -0.2) is 4.79 Å². The molecule has 1 aliphatic rings. The number of fused-ring (bicyclic) bond motifs is 1. The van der Waals surface area contributed by atoms with Crippen LogP contribution in [0.15, 0.2) is 42.5 Å². The van der Waals surface area contributed by atoms with Crippen molar-refractivity contribution >= 4 is 29.2 Å². The molecule has 9 nitrogen and oxygen atoms in total. The quantitative estimate of drug-likeness (QED) is 0.444. The number of rotatable bonds is 6. The van der Waals surface area contributed by atoms with Gasteiger partial charge in [-0.3, -0.25) is 14.9 Å². The molecule has 1 N–H and O–H groups in total. The van der Waals surface area contributed by atoms with Crippen LogP contribution in [-0.4, -0.2) is 42.7 Å². The van der Waals surface area contributed by atoms with Crippen LogP contribution in [-0.2, 0) is 9.53 Å². The van der Waals surface area contributed by atoms with Crippen LogP contribution >= 0.6 is 11.6 Å². The number of halogens is 1. The Labute approximate surface area is 164 Å². The lowest BCUT2D eigenvalue weighted by Crippen LogP contribution is -2.42. The summed E-state index contributed by atoms with van der Waals surface area (Å²) in [5.74, 6) is -0.278. The highest BCUT2D eigenvalue weighted by atomic mass is 35.5. The Balaban J connectivity index is 1.48. The van der Waals surface area contributed by atoms with Gasteiger partial charge in [0.2, 0.25) is 0 Å². The molecule has 2 aromatic carbocycles. The number of nitro benzene ring substituents is 1. The number of hydrogen-bond acceptors (Lipinski definition) is 7. The Morgan fingerprint density at radius 1 is 1.25 bits per heavy atom. The van der Waals surface area contributed by atoms with Crippen molar-refractivity contribution in [1.82, 2.24) is 5.32 Å². The standard InChI is InChI=1S/C18H15ClN2O7/c19-14-6-5-11(21(24)25)7-13(14)18(23)27-10-17(22)20-8-12-9-26-15-3-1-2-4-16(15)28-12/h1-7,12H,8-10H2,(H,20,22). The molecular formula is C18H15ClN2O7. The van der Waals surface area contributed by atoms with Gasteiger partial charge >= 0.3 is 5.97 Å². The average Bonchev–Trinajstić information content (AvgIpc) is 2.70. The Kier molecular flexibility index (Phi) is 5.95. The van der Waals surface area contributed by atoms with Crippen molar-refractivity contribution < 1.29 is 28.7 Å². The van der Waals surface area contributed by atoms with Crippen LogP contribution in [0.4, 0.5) is 5.69 Å². The Morgan fingerprint density at radius 2 is 2.00 bits per heavy atom. The minimum absolute atomic E-state index is 0.0116. The number of carbonyl (C=O) groups is 2. The Bertz CT molecular complexity index is 919. The van der Waals surface area contributed by atoms with Gasteiger partial charge in [-0.2, -0.15) is 0 Å². The van der Waals surface area contributed by atoms with Gasteiger partial charge < -0.3 is 19.5 Å². The van der Waals surface area contributed by atoms with E-state index in [9.17, 15) is 19.7 Å². The highest BCUT2D eigenvalue weighted by Crippen LogP contribution is 2.30. The lowest BCUT2D eigenvalue weighted by atomic mass is 10.2. The van der Waals surface area contributed by atoms with Crippen LogP contribution in [0, 0.1) is 10.1 Å². The fourth-order valence-electron chi connectivity index (χ4n) is 2.43. The SMILES string of the molecule is O=C(COC(=O)c1cc([N+](=O)[O-])ccc1Cl)NCC1COc2ccccc2O1. The number of carbonyl (C=O) groups excluding carboxylic acids is 2. The number of para-hydroxylation sites is 2. The zero-order valence-corrected chi connectivity index (χ0v) is 15.2. The maximum atomic E-state index is 12.0. The van der Waals surface area contributed by atoms with Gasteiger partial charge in [0.1, 0.15) is 12.7 Å². The third kappa shape index (κ3) is 4.68. The molecule has 0 radical (unpaired) electrons. The van der Waals surface area contributed by atoms with E-state index in [1.54, 1.807) is 12.1 Å². The average molecular weight is 407 g/mol. The van der Waals surface area contributed by atoms with E-state index in [0.717, 1.165) is 12.1 Å². The minimum Gasteiger partial charge on any atom is -0.486 e. The monoisotopic (exact) mass is 406 g/mol. The van der Waals surface area contributed by atoms with Gasteiger partial charge in [-0.1, -0.05) is 23.7 Å². The van der Waals surface area contributed by atoms with E-state index in [4.69, 9.17) is 25.8 Å². The zero-order chi connectivity index (χ0) is 20.1. The molecule has 1 atom stereocenters. The molecule has 1 aliphatic heterocycles. The molecule has 0 aliphatic carbocycles. The molecule has 0 saturated heterocycles. The van der Waals surface area contributed by atoms with E-state index < -0.39 is 23.4 Å². The van der Waals surface area contributed by atoms with E-state index in [2.05, 4.69) is 5.32 Å². The maximum Gasteiger partial charge on any atom is 0.340 e. The minimum atomic E-state index is -0.935. The van der Waals surface area contributed by atoms with Gasteiger partial charge in [0.25, 0.3) is 11.6 Å². The summed E-state index contributed by atoms with van der Waals surface area (Å²) in [7, 11) is 0. The fourth-order valence-corrected chi connectivity index (χ4v) is 2.63. The van der Waals surface area contributed by atoms with Gasteiger partial charge in [-0.15, -0.1) is 0 Å². The number of nitrogens with one attached hydrogen (secondary N) is 1. The normalized spacial score (nSPS) is 14.8. The smallest absolute Gasteiger partial charge is 0.340 e. The lowest BCUT2D eigenvalue weighted by Gasteiger charge is -2.26. The van der Waals surface area contributed by atoms with E-state index >= 15 is 0 Å². The third-order valence-electron chi connectivity index (χ3n) is 3.81. The summed E-state index contributed by atoms with van der Waals surface area (Å²) < 4.78 is 16.1. The second-order valence-corrected chi connectivity index (χ2v) is 6.21. The first kappa shape index (κ1) is 19.4. The third-order valence-corrected chi connectivity index (χ3v) is 4.14. The summed E-state index contributed by atoms with van der Waals surface area (Å²) in [5, 5.41) is 13.4. The first-order valence-electron chi connectivity index (χ1n) is 8.20. The number of benzene rings is 2. The highest BCUT2D eigenvalue weighted by Gasteiger charge is 2.22. The van der Waals surface area contributed by atoms with Crippen LogP contribution in [0.1, 0.15) is 10.4 Å². The molecule has 1 heterocycles. The van der Waals surface area contributed by atoms with E-state index in [1.807, 2.05) is 12.1 Å². The summed E-state index contributed by atoms with van der Waals surface area (Å²) >= 11 is 5.86. The number of nitrogens with zero attached hydrogens (tertiary/aromatic N) is 1. The fraction of sp³-hybridized carbons (Fsp3) is 0.222. The van der Waals surface area contributed by atoms with Crippen LogP contribution in [0.2, 0.25) is 5.02 Å². The largest absolute Gasteiger partial charge is 0.486 e. The maximum absolute atomic E-state index is 12.0. The van der Waals surface area contributed by atoms with E-state index in [1.165, 1.54) is 6.07 Å². The van der Waals surface area contributed by atoms with Crippen molar-refractivity contribution in [2.75, 3.05) is 19.8 Å². The number of esters is 1.